The van der Waals surface area contributed by atoms with Crippen molar-refractivity contribution in [3.05, 3.63) is 96.2 Å². The summed E-state index contributed by atoms with van der Waals surface area (Å²) in [6.45, 7) is 2.50. The van der Waals surface area contributed by atoms with Gasteiger partial charge >= 0.3 is 0 Å². The van der Waals surface area contributed by atoms with Crippen LogP contribution in [0.5, 0.6) is 0 Å². The predicted molar refractivity (Wildman–Crippen MR) is 138 cm³/mol. The fourth-order valence-corrected chi connectivity index (χ4v) is 5.99. The van der Waals surface area contributed by atoms with Gasteiger partial charge in [-0.1, -0.05) is 42.5 Å². The zero-order valence-electron chi connectivity index (χ0n) is 19.4. The molecular weight excluding hydrogens is 460 g/mol. The maximum absolute atomic E-state index is 13.3. The highest BCUT2D eigenvalue weighted by molar-refractivity contribution is 7.89. The SMILES string of the molecule is O=C(NCCc1c[nH]c2ccccc12)c1cccc(S(=O)(=O)N2CCN(c3ccccc3)CC2)c1. The van der Waals surface area contributed by atoms with Crippen LogP contribution in [0, 0.1) is 0 Å². The minimum absolute atomic E-state index is 0.148. The molecule has 4 aromatic rings. The Morgan fingerprint density at radius 3 is 2.43 bits per heavy atom. The second-order valence-electron chi connectivity index (χ2n) is 8.62. The number of piperazine rings is 1. The average molecular weight is 489 g/mol. The molecule has 3 aromatic carbocycles. The van der Waals surface area contributed by atoms with Crippen molar-refractivity contribution in [1.82, 2.24) is 14.6 Å². The molecular formula is C27H28N4O3S. The molecule has 2 heterocycles. The molecule has 0 unspecified atom stereocenters. The Kier molecular flexibility index (Phi) is 6.57. The summed E-state index contributed by atoms with van der Waals surface area (Å²) in [5.41, 5.74) is 3.63. The van der Waals surface area contributed by atoms with E-state index in [1.807, 2.05) is 54.7 Å². The van der Waals surface area contributed by atoms with E-state index in [9.17, 15) is 13.2 Å². The van der Waals surface area contributed by atoms with Gasteiger partial charge in [-0.3, -0.25) is 4.79 Å². The van der Waals surface area contributed by atoms with Gasteiger partial charge in [0, 0.05) is 61.1 Å². The molecule has 0 atom stereocenters. The Morgan fingerprint density at radius 2 is 1.63 bits per heavy atom. The molecule has 0 saturated carbocycles. The number of amides is 1. The first-order chi connectivity index (χ1) is 17.0. The highest BCUT2D eigenvalue weighted by atomic mass is 32.2. The van der Waals surface area contributed by atoms with Crippen LogP contribution in [0.1, 0.15) is 15.9 Å². The first-order valence-corrected chi connectivity index (χ1v) is 13.2. The molecule has 2 N–H and O–H groups in total. The van der Waals surface area contributed by atoms with E-state index in [0.717, 1.165) is 22.2 Å². The molecule has 0 bridgehead atoms. The third kappa shape index (κ3) is 4.94. The van der Waals surface area contributed by atoms with E-state index in [0.29, 0.717) is 44.7 Å². The van der Waals surface area contributed by atoms with Crippen molar-refractivity contribution in [3.63, 3.8) is 0 Å². The number of hydrogen-bond donors (Lipinski definition) is 2. The van der Waals surface area contributed by atoms with Gasteiger partial charge in [-0.05, 0) is 48.4 Å². The zero-order chi connectivity index (χ0) is 24.3. The van der Waals surface area contributed by atoms with Gasteiger partial charge < -0.3 is 15.2 Å². The molecule has 1 fully saturated rings. The van der Waals surface area contributed by atoms with Crippen LogP contribution >= 0.6 is 0 Å². The summed E-state index contributed by atoms with van der Waals surface area (Å²) in [5, 5.41) is 4.06. The molecule has 0 aliphatic carbocycles. The maximum atomic E-state index is 13.3. The van der Waals surface area contributed by atoms with Crippen LogP contribution in [0.3, 0.4) is 0 Å². The van der Waals surface area contributed by atoms with Gasteiger partial charge in [0.05, 0.1) is 4.90 Å². The van der Waals surface area contributed by atoms with Crippen molar-refractivity contribution < 1.29 is 13.2 Å². The number of aromatic nitrogens is 1. The second kappa shape index (κ2) is 9.93. The lowest BCUT2D eigenvalue weighted by Gasteiger charge is -2.35. The van der Waals surface area contributed by atoms with Gasteiger partial charge in [0.1, 0.15) is 0 Å². The average Bonchev–Trinajstić information content (AvgIpc) is 3.32. The number of nitrogens with one attached hydrogen (secondary N) is 2. The number of sulfonamides is 1. The van der Waals surface area contributed by atoms with Crippen LogP contribution in [-0.4, -0.2) is 56.3 Å². The number of H-pyrrole nitrogens is 1. The lowest BCUT2D eigenvalue weighted by Crippen LogP contribution is -2.48. The number of nitrogens with zero attached hydrogens (tertiary/aromatic N) is 2. The smallest absolute Gasteiger partial charge is 0.251 e. The molecule has 1 amide bonds. The van der Waals surface area contributed by atoms with E-state index in [4.69, 9.17) is 0 Å². The Balaban J connectivity index is 1.21. The van der Waals surface area contributed by atoms with Gasteiger partial charge in [0.15, 0.2) is 0 Å². The summed E-state index contributed by atoms with van der Waals surface area (Å²) in [5.74, 6) is -0.282. The molecule has 180 valence electrons. The number of hydrogen-bond acceptors (Lipinski definition) is 4. The van der Waals surface area contributed by atoms with Crippen molar-refractivity contribution >= 4 is 32.5 Å². The summed E-state index contributed by atoms with van der Waals surface area (Å²) >= 11 is 0. The Hall–Kier alpha value is -3.62. The molecule has 35 heavy (non-hydrogen) atoms. The predicted octanol–water partition coefficient (Wildman–Crippen LogP) is 3.65. The van der Waals surface area contributed by atoms with Crippen molar-refractivity contribution in [2.24, 2.45) is 0 Å². The first-order valence-electron chi connectivity index (χ1n) is 11.8. The van der Waals surface area contributed by atoms with Gasteiger partial charge in [-0.2, -0.15) is 4.31 Å². The Morgan fingerprint density at radius 1 is 0.886 bits per heavy atom. The highest BCUT2D eigenvalue weighted by Crippen LogP contribution is 2.22. The van der Waals surface area contributed by atoms with E-state index < -0.39 is 10.0 Å². The van der Waals surface area contributed by atoms with Crippen molar-refractivity contribution in [2.45, 2.75) is 11.3 Å². The maximum Gasteiger partial charge on any atom is 0.251 e. The third-order valence-electron chi connectivity index (χ3n) is 6.45. The molecule has 1 aliphatic heterocycles. The number of carbonyl (C=O) groups excluding carboxylic acids is 1. The fraction of sp³-hybridized carbons (Fsp3) is 0.222. The van der Waals surface area contributed by atoms with Gasteiger partial charge in [0.2, 0.25) is 10.0 Å². The van der Waals surface area contributed by atoms with Crippen molar-refractivity contribution in [2.75, 3.05) is 37.6 Å². The monoisotopic (exact) mass is 488 g/mol. The molecule has 5 rings (SSSR count). The van der Waals surface area contributed by atoms with E-state index in [1.54, 1.807) is 18.2 Å². The number of para-hydroxylation sites is 2. The van der Waals surface area contributed by atoms with Crippen LogP contribution in [-0.2, 0) is 16.4 Å². The van der Waals surface area contributed by atoms with Crippen molar-refractivity contribution in [3.8, 4) is 0 Å². The molecule has 1 saturated heterocycles. The lowest BCUT2D eigenvalue weighted by molar-refractivity contribution is 0.0954. The van der Waals surface area contributed by atoms with Crippen LogP contribution in [0.4, 0.5) is 5.69 Å². The highest BCUT2D eigenvalue weighted by Gasteiger charge is 2.29. The quantitative estimate of drug-likeness (QED) is 0.416. The lowest BCUT2D eigenvalue weighted by atomic mass is 10.1. The first kappa shape index (κ1) is 23.1. The normalized spacial score (nSPS) is 14.8. The summed E-state index contributed by atoms with van der Waals surface area (Å²) in [6, 6.07) is 24.3. The van der Waals surface area contributed by atoms with Gasteiger partial charge in [0.25, 0.3) is 5.91 Å². The summed E-state index contributed by atoms with van der Waals surface area (Å²) in [4.78, 5) is 18.3. The van der Waals surface area contributed by atoms with Crippen LogP contribution in [0.2, 0.25) is 0 Å². The summed E-state index contributed by atoms with van der Waals surface area (Å²) < 4.78 is 28.0. The van der Waals surface area contributed by atoms with E-state index >= 15 is 0 Å². The van der Waals surface area contributed by atoms with Gasteiger partial charge in [-0.15, -0.1) is 0 Å². The standard InChI is InChI=1S/C27H28N4O3S/c32-27(28-14-13-22-20-29-26-12-5-4-11-25(22)26)21-7-6-10-24(19-21)35(33,34)31-17-15-30(16-18-31)23-8-2-1-3-9-23/h1-12,19-20,29H,13-18H2,(H,28,32). The number of rotatable bonds is 7. The summed E-state index contributed by atoms with van der Waals surface area (Å²) in [6.07, 6.45) is 2.64. The number of fused-ring (bicyclic) bond motifs is 1. The molecule has 1 aromatic heterocycles. The topological polar surface area (TPSA) is 85.5 Å². The minimum Gasteiger partial charge on any atom is -0.369 e. The third-order valence-corrected chi connectivity index (χ3v) is 8.34. The van der Waals surface area contributed by atoms with Crippen LogP contribution in [0.15, 0.2) is 90.0 Å². The fourth-order valence-electron chi connectivity index (χ4n) is 4.52. The minimum atomic E-state index is -3.68. The molecule has 0 radical (unpaired) electrons. The largest absolute Gasteiger partial charge is 0.369 e. The number of anilines is 1. The summed E-state index contributed by atoms with van der Waals surface area (Å²) in [7, 11) is -3.68. The molecule has 8 heteroatoms. The molecule has 0 spiro atoms. The molecule has 1 aliphatic rings. The zero-order valence-corrected chi connectivity index (χ0v) is 20.2. The Labute approximate surface area is 205 Å². The number of aromatic amines is 1. The molecule has 7 nitrogen and oxygen atoms in total. The van der Waals surface area contributed by atoms with E-state index in [2.05, 4.69) is 21.3 Å². The second-order valence-corrected chi connectivity index (χ2v) is 10.6. The number of carbonyl (C=O) groups is 1. The van der Waals surface area contributed by atoms with Gasteiger partial charge in [-0.25, -0.2) is 8.42 Å². The Bertz CT molecular complexity index is 1430. The van der Waals surface area contributed by atoms with Crippen LogP contribution in [0.25, 0.3) is 10.9 Å². The van der Waals surface area contributed by atoms with Crippen molar-refractivity contribution in [1.29, 1.82) is 0 Å². The van der Waals surface area contributed by atoms with E-state index in [1.165, 1.54) is 10.4 Å². The number of benzene rings is 3. The van der Waals surface area contributed by atoms with Crippen LogP contribution < -0.4 is 10.2 Å². The van der Waals surface area contributed by atoms with E-state index in [-0.39, 0.29) is 10.8 Å².